The smallest absolute Gasteiger partial charge is 0.0699 e. The van der Waals surface area contributed by atoms with Gasteiger partial charge in [-0.3, -0.25) is 9.97 Å². The first-order valence-electron chi connectivity index (χ1n) is 3.11. The maximum atomic E-state index is 7.99. The highest BCUT2D eigenvalue weighted by atomic mass is 15.1. The molecule has 1 aromatic heterocycles. The van der Waals surface area contributed by atoms with Crippen LogP contribution in [0.2, 0.25) is 0 Å². The highest BCUT2D eigenvalue weighted by Gasteiger charge is 1.90. The third kappa shape index (κ3) is 2.23. The zero-order chi connectivity index (χ0) is 8.10. The summed E-state index contributed by atoms with van der Waals surface area (Å²) in [5.74, 6) is 0. The van der Waals surface area contributed by atoms with Gasteiger partial charge in [0.05, 0.1) is 17.9 Å². The molecule has 0 aliphatic heterocycles. The molecule has 0 atom stereocenters. The van der Waals surface area contributed by atoms with Crippen molar-refractivity contribution in [2.45, 2.75) is 13.5 Å². The molecule has 56 valence electrons. The Balaban J connectivity index is 2.73. The van der Waals surface area contributed by atoms with Crippen LogP contribution in [0.1, 0.15) is 11.4 Å². The number of azide groups is 1. The van der Waals surface area contributed by atoms with Gasteiger partial charge in [-0.2, -0.15) is 0 Å². The Morgan fingerprint density at radius 2 is 2.36 bits per heavy atom. The summed E-state index contributed by atoms with van der Waals surface area (Å²) in [6.07, 6.45) is 3.24. The van der Waals surface area contributed by atoms with Crippen molar-refractivity contribution in [2.75, 3.05) is 0 Å². The summed E-state index contributed by atoms with van der Waals surface area (Å²) in [6, 6.07) is 0. The molecular weight excluding hydrogens is 142 g/mol. The lowest BCUT2D eigenvalue weighted by Gasteiger charge is -1.92. The monoisotopic (exact) mass is 149 g/mol. The van der Waals surface area contributed by atoms with Crippen molar-refractivity contribution in [3.05, 3.63) is 34.2 Å². The summed E-state index contributed by atoms with van der Waals surface area (Å²) >= 11 is 0. The number of aryl methyl sites for hydroxylation is 1. The van der Waals surface area contributed by atoms with Gasteiger partial charge < -0.3 is 0 Å². The Morgan fingerprint density at radius 3 is 2.91 bits per heavy atom. The van der Waals surface area contributed by atoms with Crippen LogP contribution in [0.4, 0.5) is 0 Å². The van der Waals surface area contributed by atoms with Crippen LogP contribution in [0, 0.1) is 6.92 Å². The highest BCUT2D eigenvalue weighted by Crippen LogP contribution is 1.95. The van der Waals surface area contributed by atoms with E-state index in [-0.39, 0.29) is 6.54 Å². The van der Waals surface area contributed by atoms with Gasteiger partial charge in [0.2, 0.25) is 0 Å². The van der Waals surface area contributed by atoms with E-state index >= 15 is 0 Å². The Kier molecular flexibility index (Phi) is 2.41. The normalized spacial score (nSPS) is 8.82. The average Bonchev–Trinajstić information content (AvgIpc) is 2.04. The summed E-state index contributed by atoms with van der Waals surface area (Å²) in [5, 5.41) is 3.35. The van der Waals surface area contributed by atoms with E-state index in [9.17, 15) is 0 Å². The number of aromatic nitrogens is 2. The Morgan fingerprint density at radius 1 is 1.55 bits per heavy atom. The molecule has 0 N–H and O–H groups in total. The van der Waals surface area contributed by atoms with Gasteiger partial charge in [0.25, 0.3) is 0 Å². The van der Waals surface area contributed by atoms with Crippen molar-refractivity contribution in [2.24, 2.45) is 5.11 Å². The highest BCUT2D eigenvalue weighted by molar-refractivity contribution is 5.00. The standard InChI is InChI=1S/C6H7N5/c1-5-2-9-6(3-8-5)4-10-11-7/h2-3H,4H2,1H3. The van der Waals surface area contributed by atoms with E-state index in [4.69, 9.17) is 5.53 Å². The van der Waals surface area contributed by atoms with E-state index < -0.39 is 0 Å². The fourth-order valence-corrected chi connectivity index (χ4v) is 0.605. The maximum absolute atomic E-state index is 7.99. The largest absolute Gasteiger partial charge is 0.258 e. The van der Waals surface area contributed by atoms with Crippen LogP contribution < -0.4 is 0 Å². The predicted octanol–water partition coefficient (Wildman–Crippen LogP) is 1.60. The van der Waals surface area contributed by atoms with E-state index in [2.05, 4.69) is 20.0 Å². The van der Waals surface area contributed by atoms with Gasteiger partial charge >= 0.3 is 0 Å². The van der Waals surface area contributed by atoms with Crippen molar-refractivity contribution in [3.63, 3.8) is 0 Å². The molecule has 0 unspecified atom stereocenters. The molecule has 0 spiro atoms. The minimum absolute atomic E-state index is 0.268. The predicted molar refractivity (Wildman–Crippen MR) is 39.6 cm³/mol. The molecule has 0 saturated carbocycles. The zero-order valence-electron chi connectivity index (χ0n) is 6.10. The third-order valence-corrected chi connectivity index (χ3v) is 1.13. The van der Waals surface area contributed by atoms with Gasteiger partial charge in [-0.1, -0.05) is 5.11 Å². The molecule has 0 bridgehead atoms. The zero-order valence-corrected chi connectivity index (χ0v) is 6.10. The molecule has 5 nitrogen and oxygen atoms in total. The Labute approximate surface area is 63.7 Å². The van der Waals surface area contributed by atoms with Gasteiger partial charge in [0, 0.05) is 17.3 Å². The average molecular weight is 149 g/mol. The molecule has 0 aliphatic rings. The minimum atomic E-state index is 0.268. The molecule has 1 rings (SSSR count). The molecule has 0 aromatic carbocycles. The second-order valence-corrected chi connectivity index (χ2v) is 2.04. The summed E-state index contributed by atoms with van der Waals surface area (Å²) < 4.78 is 0. The molecule has 0 aliphatic carbocycles. The minimum Gasteiger partial charge on any atom is -0.258 e. The van der Waals surface area contributed by atoms with E-state index in [0.29, 0.717) is 5.69 Å². The van der Waals surface area contributed by atoms with E-state index in [0.717, 1.165) is 5.69 Å². The van der Waals surface area contributed by atoms with Crippen LogP contribution in [0.5, 0.6) is 0 Å². The van der Waals surface area contributed by atoms with E-state index in [1.807, 2.05) is 6.92 Å². The topological polar surface area (TPSA) is 74.5 Å². The quantitative estimate of drug-likeness (QED) is 0.363. The molecule has 0 saturated heterocycles. The molecule has 0 radical (unpaired) electrons. The first kappa shape index (κ1) is 7.50. The lowest BCUT2D eigenvalue weighted by Crippen LogP contribution is -1.89. The molecule has 0 amide bonds. The van der Waals surface area contributed by atoms with Gasteiger partial charge in [-0.15, -0.1) is 0 Å². The van der Waals surface area contributed by atoms with Crippen LogP contribution in [-0.2, 0) is 6.54 Å². The second kappa shape index (κ2) is 3.53. The maximum Gasteiger partial charge on any atom is 0.0699 e. The number of nitrogens with zero attached hydrogens (tertiary/aromatic N) is 5. The van der Waals surface area contributed by atoms with Crippen LogP contribution in [0.15, 0.2) is 17.5 Å². The summed E-state index contributed by atoms with van der Waals surface area (Å²) in [4.78, 5) is 10.6. The van der Waals surface area contributed by atoms with Gasteiger partial charge in [-0.05, 0) is 12.5 Å². The first-order chi connectivity index (χ1) is 5.33. The fraction of sp³-hybridized carbons (Fsp3) is 0.333. The van der Waals surface area contributed by atoms with Crippen molar-refractivity contribution in [3.8, 4) is 0 Å². The molecule has 11 heavy (non-hydrogen) atoms. The third-order valence-electron chi connectivity index (χ3n) is 1.13. The SMILES string of the molecule is Cc1cnc(CN=[N+]=[N-])cn1. The molecular formula is C6H7N5. The van der Waals surface area contributed by atoms with Crippen LogP contribution >= 0.6 is 0 Å². The summed E-state index contributed by atoms with van der Waals surface area (Å²) in [6.45, 7) is 2.12. The Bertz CT molecular complexity index is 272. The van der Waals surface area contributed by atoms with Crippen molar-refractivity contribution < 1.29 is 0 Å². The van der Waals surface area contributed by atoms with Gasteiger partial charge in [0.15, 0.2) is 0 Å². The van der Waals surface area contributed by atoms with Gasteiger partial charge in [-0.25, -0.2) is 0 Å². The summed E-state index contributed by atoms with van der Waals surface area (Å²) in [5.41, 5.74) is 9.54. The van der Waals surface area contributed by atoms with Crippen molar-refractivity contribution in [1.29, 1.82) is 0 Å². The Hall–Kier alpha value is -1.61. The lowest BCUT2D eigenvalue weighted by atomic mass is 10.4. The summed E-state index contributed by atoms with van der Waals surface area (Å²) in [7, 11) is 0. The van der Waals surface area contributed by atoms with Crippen LogP contribution in [-0.4, -0.2) is 9.97 Å². The second-order valence-electron chi connectivity index (χ2n) is 2.04. The number of hydrogen-bond donors (Lipinski definition) is 0. The van der Waals surface area contributed by atoms with Crippen LogP contribution in [0.3, 0.4) is 0 Å². The number of rotatable bonds is 2. The van der Waals surface area contributed by atoms with Crippen molar-refractivity contribution >= 4 is 0 Å². The lowest BCUT2D eigenvalue weighted by molar-refractivity contribution is 0.937. The molecule has 5 heteroatoms. The van der Waals surface area contributed by atoms with Crippen molar-refractivity contribution in [1.82, 2.24) is 9.97 Å². The first-order valence-corrected chi connectivity index (χ1v) is 3.11. The van der Waals surface area contributed by atoms with Gasteiger partial charge in [0.1, 0.15) is 0 Å². The number of hydrogen-bond acceptors (Lipinski definition) is 3. The van der Waals surface area contributed by atoms with E-state index in [1.165, 1.54) is 0 Å². The molecule has 1 heterocycles. The van der Waals surface area contributed by atoms with E-state index in [1.54, 1.807) is 12.4 Å². The molecule has 0 fully saturated rings. The van der Waals surface area contributed by atoms with Crippen LogP contribution in [0.25, 0.3) is 10.4 Å². The molecule has 1 aromatic rings. The fourth-order valence-electron chi connectivity index (χ4n) is 0.605.